The number of hydrogen-bond acceptors (Lipinski definition) is 4. The molecule has 1 aromatic rings. The Bertz CT molecular complexity index is 345. The van der Waals surface area contributed by atoms with Crippen LogP contribution in [-0.4, -0.2) is 30.3 Å². The number of nitrogens with zero attached hydrogens (tertiary/aromatic N) is 2. The van der Waals surface area contributed by atoms with Crippen molar-refractivity contribution in [3.05, 3.63) is 11.1 Å². The molecular weight excluding hydrogens is 232 g/mol. The fourth-order valence-corrected chi connectivity index (χ4v) is 3.35. The van der Waals surface area contributed by atoms with Gasteiger partial charge in [-0.1, -0.05) is 0 Å². The Balaban J connectivity index is 1.77. The van der Waals surface area contributed by atoms with Crippen LogP contribution in [0.25, 0.3) is 0 Å². The molecule has 0 N–H and O–H groups in total. The molecule has 2 saturated heterocycles. The second-order valence-electron chi connectivity index (χ2n) is 4.12. The van der Waals surface area contributed by atoms with Gasteiger partial charge in [0.25, 0.3) is 0 Å². The molecule has 3 heterocycles. The smallest absolute Gasteiger partial charge is 0.185 e. The number of anilines is 1. The van der Waals surface area contributed by atoms with Crippen LogP contribution >= 0.6 is 22.9 Å². The highest BCUT2D eigenvalue weighted by Gasteiger charge is 2.34. The molecule has 0 spiro atoms. The lowest BCUT2D eigenvalue weighted by Gasteiger charge is -2.31. The lowest BCUT2D eigenvalue weighted by atomic mass is 10.2. The Morgan fingerprint density at radius 1 is 1.47 bits per heavy atom. The average molecular weight is 245 g/mol. The standard InChI is InChI=1S/C10H13ClN2OS/c11-3-7-6-15-10(12-7)13-4-8-1-2-9(5-13)14-8/h6,8-9H,1-5H2. The zero-order chi connectivity index (χ0) is 10.3. The predicted octanol–water partition coefficient (Wildman–Crippen LogP) is 2.25. The normalized spacial score (nSPS) is 29.8. The lowest BCUT2D eigenvalue weighted by Crippen LogP contribution is -2.42. The first-order valence-corrected chi connectivity index (χ1v) is 6.67. The Morgan fingerprint density at radius 3 is 2.80 bits per heavy atom. The summed E-state index contributed by atoms with van der Waals surface area (Å²) in [5.74, 6) is 0.508. The number of alkyl halides is 1. The van der Waals surface area contributed by atoms with E-state index in [4.69, 9.17) is 16.3 Å². The van der Waals surface area contributed by atoms with Crippen molar-refractivity contribution in [2.24, 2.45) is 0 Å². The maximum absolute atomic E-state index is 5.79. The highest BCUT2D eigenvalue weighted by Crippen LogP contribution is 2.31. The van der Waals surface area contributed by atoms with Crippen molar-refractivity contribution in [1.82, 2.24) is 4.98 Å². The fraction of sp³-hybridized carbons (Fsp3) is 0.700. The van der Waals surface area contributed by atoms with E-state index in [9.17, 15) is 0 Å². The molecule has 5 heteroatoms. The Morgan fingerprint density at radius 2 is 2.20 bits per heavy atom. The van der Waals surface area contributed by atoms with Gasteiger partial charge in [-0.05, 0) is 12.8 Å². The Kier molecular flexibility index (Phi) is 2.58. The van der Waals surface area contributed by atoms with Crippen molar-refractivity contribution in [2.75, 3.05) is 18.0 Å². The number of morpholine rings is 1. The number of halogens is 1. The van der Waals surface area contributed by atoms with Crippen LogP contribution in [0, 0.1) is 0 Å². The lowest BCUT2D eigenvalue weighted by molar-refractivity contribution is 0.0305. The van der Waals surface area contributed by atoms with Gasteiger partial charge in [0.2, 0.25) is 0 Å². The summed E-state index contributed by atoms with van der Waals surface area (Å²) >= 11 is 7.44. The molecule has 15 heavy (non-hydrogen) atoms. The van der Waals surface area contributed by atoms with Gasteiger partial charge in [-0.25, -0.2) is 4.98 Å². The third kappa shape index (κ3) is 1.86. The van der Waals surface area contributed by atoms with Crippen molar-refractivity contribution in [3.8, 4) is 0 Å². The van der Waals surface area contributed by atoms with E-state index in [1.165, 1.54) is 12.8 Å². The summed E-state index contributed by atoms with van der Waals surface area (Å²) in [5, 5.41) is 3.14. The quantitative estimate of drug-likeness (QED) is 0.747. The molecule has 2 bridgehead atoms. The topological polar surface area (TPSA) is 25.4 Å². The van der Waals surface area contributed by atoms with Crippen LogP contribution in [0.4, 0.5) is 5.13 Å². The molecule has 3 rings (SSSR count). The van der Waals surface area contributed by atoms with Crippen LogP contribution < -0.4 is 4.90 Å². The molecule has 2 fully saturated rings. The van der Waals surface area contributed by atoms with Gasteiger partial charge < -0.3 is 9.64 Å². The van der Waals surface area contributed by atoms with E-state index in [-0.39, 0.29) is 0 Å². The zero-order valence-corrected chi connectivity index (χ0v) is 9.93. The van der Waals surface area contributed by atoms with Crippen molar-refractivity contribution >= 4 is 28.1 Å². The predicted molar refractivity (Wildman–Crippen MR) is 61.8 cm³/mol. The van der Waals surface area contributed by atoms with Crippen LogP contribution in [0.2, 0.25) is 0 Å². The van der Waals surface area contributed by atoms with E-state index in [1.54, 1.807) is 11.3 Å². The van der Waals surface area contributed by atoms with Crippen LogP contribution in [-0.2, 0) is 10.6 Å². The Hall–Kier alpha value is -0.320. The zero-order valence-electron chi connectivity index (χ0n) is 8.36. The molecule has 0 radical (unpaired) electrons. The SMILES string of the molecule is ClCc1csc(N2CC3CCC(C2)O3)n1. The first-order valence-electron chi connectivity index (χ1n) is 5.26. The Labute approximate surface area is 98.0 Å². The number of aromatic nitrogens is 1. The maximum Gasteiger partial charge on any atom is 0.185 e. The van der Waals surface area contributed by atoms with Gasteiger partial charge in [0, 0.05) is 18.5 Å². The second-order valence-corrected chi connectivity index (χ2v) is 5.22. The van der Waals surface area contributed by atoms with Gasteiger partial charge in [0.15, 0.2) is 5.13 Å². The van der Waals surface area contributed by atoms with Gasteiger partial charge in [-0.3, -0.25) is 0 Å². The summed E-state index contributed by atoms with van der Waals surface area (Å²) in [6, 6.07) is 0. The van der Waals surface area contributed by atoms with Crippen molar-refractivity contribution in [1.29, 1.82) is 0 Å². The minimum Gasteiger partial charge on any atom is -0.371 e. The maximum atomic E-state index is 5.79. The number of thiazole rings is 1. The number of fused-ring (bicyclic) bond motifs is 2. The molecule has 0 aliphatic carbocycles. The van der Waals surface area contributed by atoms with E-state index in [0.29, 0.717) is 18.1 Å². The monoisotopic (exact) mass is 244 g/mol. The highest BCUT2D eigenvalue weighted by atomic mass is 35.5. The van der Waals surface area contributed by atoms with Crippen LogP contribution in [0.15, 0.2) is 5.38 Å². The summed E-state index contributed by atoms with van der Waals surface area (Å²) in [7, 11) is 0. The molecular formula is C10H13ClN2OS. The van der Waals surface area contributed by atoms with Crippen molar-refractivity contribution < 1.29 is 4.74 Å². The van der Waals surface area contributed by atoms with Gasteiger partial charge in [-0.15, -0.1) is 22.9 Å². The van der Waals surface area contributed by atoms with E-state index in [1.807, 2.05) is 5.38 Å². The molecule has 2 atom stereocenters. The van der Waals surface area contributed by atoms with Gasteiger partial charge >= 0.3 is 0 Å². The highest BCUT2D eigenvalue weighted by molar-refractivity contribution is 7.13. The summed E-state index contributed by atoms with van der Waals surface area (Å²) in [4.78, 5) is 6.85. The first kappa shape index (κ1) is 9.87. The molecule has 82 valence electrons. The fourth-order valence-electron chi connectivity index (χ4n) is 2.27. The van der Waals surface area contributed by atoms with E-state index in [0.717, 1.165) is 23.9 Å². The van der Waals surface area contributed by atoms with E-state index in [2.05, 4.69) is 9.88 Å². The number of rotatable bonds is 2. The van der Waals surface area contributed by atoms with Crippen molar-refractivity contribution in [3.63, 3.8) is 0 Å². The van der Waals surface area contributed by atoms with Gasteiger partial charge in [0.1, 0.15) is 0 Å². The summed E-state index contributed by atoms with van der Waals surface area (Å²) in [6.07, 6.45) is 3.25. The molecule has 2 aliphatic heterocycles. The molecule has 2 unspecified atom stereocenters. The minimum absolute atomic E-state index is 0.423. The van der Waals surface area contributed by atoms with Crippen LogP contribution in [0.5, 0.6) is 0 Å². The van der Waals surface area contributed by atoms with Crippen molar-refractivity contribution in [2.45, 2.75) is 30.9 Å². The second kappa shape index (κ2) is 3.92. The minimum atomic E-state index is 0.423. The van der Waals surface area contributed by atoms with Crippen LogP contribution in [0.3, 0.4) is 0 Å². The van der Waals surface area contributed by atoms with Crippen LogP contribution in [0.1, 0.15) is 18.5 Å². The largest absolute Gasteiger partial charge is 0.371 e. The molecule has 0 saturated carbocycles. The average Bonchev–Trinajstić information content (AvgIpc) is 2.85. The molecule has 3 nitrogen and oxygen atoms in total. The first-order chi connectivity index (χ1) is 7.35. The molecule has 0 aromatic carbocycles. The van der Waals surface area contributed by atoms with E-state index >= 15 is 0 Å². The summed E-state index contributed by atoms with van der Waals surface area (Å²) in [5.41, 5.74) is 0.982. The third-order valence-electron chi connectivity index (χ3n) is 2.99. The number of ether oxygens (including phenoxy) is 1. The van der Waals surface area contributed by atoms with Gasteiger partial charge in [-0.2, -0.15) is 0 Å². The summed E-state index contributed by atoms with van der Waals surface area (Å²) in [6.45, 7) is 1.98. The molecule has 1 aromatic heterocycles. The molecule has 0 amide bonds. The third-order valence-corrected chi connectivity index (χ3v) is 4.21. The van der Waals surface area contributed by atoms with E-state index < -0.39 is 0 Å². The van der Waals surface area contributed by atoms with Gasteiger partial charge in [0.05, 0.1) is 23.8 Å². The number of hydrogen-bond donors (Lipinski definition) is 0. The molecule has 2 aliphatic rings. The summed E-state index contributed by atoms with van der Waals surface area (Å²) < 4.78 is 5.79.